The van der Waals surface area contributed by atoms with Crippen molar-refractivity contribution in [3.8, 4) is 0 Å². The summed E-state index contributed by atoms with van der Waals surface area (Å²) in [6, 6.07) is 0.736. The summed E-state index contributed by atoms with van der Waals surface area (Å²) in [6.07, 6.45) is 0. The van der Waals surface area contributed by atoms with Gasteiger partial charge in [-0.2, -0.15) is 0 Å². The Hall–Kier alpha value is -0.373. The predicted octanol–water partition coefficient (Wildman–Crippen LogP) is 1.89. The molecular weight excluding hydrogens is 128 g/mol. The number of Topliss-reactive ketones (excluding diaryl/α,β-unsaturated/α-hetero) is 1. The Morgan fingerprint density at radius 3 is 2.11 bits per heavy atom. The molecule has 0 aromatic carbocycles. The van der Waals surface area contributed by atoms with Gasteiger partial charge >= 0.3 is 0 Å². The fraction of sp³-hybridized carbons (Fsp3) is 0.571. The van der Waals surface area contributed by atoms with Crippen molar-refractivity contribution in [3.05, 3.63) is 12.2 Å². The largest absolute Gasteiger partial charge is 0.295 e. The summed E-state index contributed by atoms with van der Waals surface area (Å²) in [7, 11) is -0.389. The molecule has 0 aliphatic carbocycles. The zero-order valence-electron chi connectivity index (χ0n) is 6.32. The molecule has 0 heterocycles. The van der Waals surface area contributed by atoms with Gasteiger partial charge in [-0.3, -0.25) is 4.79 Å². The topological polar surface area (TPSA) is 17.1 Å². The third-order valence-electron chi connectivity index (χ3n) is 0.990. The lowest BCUT2D eigenvalue weighted by atomic mass is 10.2. The fourth-order valence-corrected chi connectivity index (χ4v) is 1.42. The van der Waals surface area contributed by atoms with E-state index in [1.54, 1.807) is 6.92 Å². The van der Waals surface area contributed by atoms with Crippen molar-refractivity contribution in [2.24, 2.45) is 0 Å². The second-order valence-electron chi connectivity index (χ2n) is 2.59. The van der Waals surface area contributed by atoms with Crippen LogP contribution >= 0.6 is 0 Å². The van der Waals surface area contributed by atoms with Crippen LogP contribution in [0, 0.1) is 0 Å². The smallest absolute Gasteiger partial charge is 0.155 e. The van der Waals surface area contributed by atoms with Gasteiger partial charge in [0.15, 0.2) is 5.78 Å². The molecule has 0 unspecified atom stereocenters. The van der Waals surface area contributed by atoms with Gasteiger partial charge in [0.05, 0.1) is 8.80 Å². The van der Waals surface area contributed by atoms with E-state index < -0.39 is 0 Å². The van der Waals surface area contributed by atoms with Crippen LogP contribution in [0.3, 0.4) is 0 Å². The Balaban J connectivity index is 3.65. The maximum absolute atomic E-state index is 10.9. The van der Waals surface area contributed by atoms with Crippen LogP contribution in [0.25, 0.3) is 0 Å². The third kappa shape index (κ3) is 4.15. The first-order valence-electron chi connectivity index (χ1n) is 3.01. The van der Waals surface area contributed by atoms with Crippen molar-refractivity contribution in [1.82, 2.24) is 0 Å². The Kier molecular flexibility index (Phi) is 3.46. The number of hydrogen-bond donors (Lipinski definition) is 0. The van der Waals surface area contributed by atoms with E-state index in [1.165, 1.54) is 0 Å². The maximum Gasteiger partial charge on any atom is 0.155 e. The molecule has 0 rings (SSSR count). The van der Waals surface area contributed by atoms with Crippen LogP contribution in [-0.2, 0) is 4.79 Å². The van der Waals surface area contributed by atoms with Gasteiger partial charge < -0.3 is 0 Å². The van der Waals surface area contributed by atoms with Gasteiger partial charge in [0.1, 0.15) is 0 Å². The Morgan fingerprint density at radius 1 is 1.56 bits per heavy atom. The summed E-state index contributed by atoms with van der Waals surface area (Å²) in [5, 5.41) is 0. The molecule has 2 heteroatoms. The molecular formula is C7H13OSi. The molecule has 0 bridgehead atoms. The summed E-state index contributed by atoms with van der Waals surface area (Å²) in [4.78, 5) is 10.9. The fourth-order valence-electron chi connectivity index (χ4n) is 0.472. The van der Waals surface area contributed by atoms with E-state index >= 15 is 0 Å². The molecule has 1 nitrogen and oxygen atoms in total. The molecule has 1 radical (unpaired) electrons. The van der Waals surface area contributed by atoms with Crippen LogP contribution in [0.5, 0.6) is 0 Å². The average Bonchev–Trinajstić information content (AvgIpc) is 1.63. The van der Waals surface area contributed by atoms with E-state index in [-0.39, 0.29) is 14.6 Å². The molecule has 0 aromatic rings. The number of carbonyl (C=O) groups is 1. The van der Waals surface area contributed by atoms with Crippen molar-refractivity contribution >= 4 is 14.6 Å². The van der Waals surface area contributed by atoms with Gasteiger partial charge in [-0.05, 0) is 12.5 Å². The van der Waals surface area contributed by atoms with Crippen LogP contribution in [0.15, 0.2) is 12.2 Å². The molecule has 0 fully saturated rings. The van der Waals surface area contributed by atoms with E-state index in [4.69, 9.17) is 0 Å². The lowest BCUT2D eigenvalue weighted by Crippen LogP contribution is -2.08. The monoisotopic (exact) mass is 141 g/mol. The molecule has 0 saturated heterocycles. The Bertz CT molecular complexity index is 127. The van der Waals surface area contributed by atoms with E-state index in [0.717, 1.165) is 6.04 Å². The highest BCUT2D eigenvalue weighted by molar-refractivity contribution is 6.60. The highest BCUT2D eigenvalue weighted by Crippen LogP contribution is 1.99. The minimum atomic E-state index is -0.389. The summed E-state index contributed by atoms with van der Waals surface area (Å²) < 4.78 is 0. The van der Waals surface area contributed by atoms with Gasteiger partial charge in [-0.1, -0.05) is 19.7 Å². The first-order chi connectivity index (χ1) is 4.04. The average molecular weight is 141 g/mol. The molecule has 51 valence electrons. The van der Waals surface area contributed by atoms with Crippen LogP contribution in [0.1, 0.15) is 6.92 Å². The maximum atomic E-state index is 10.9. The lowest BCUT2D eigenvalue weighted by Gasteiger charge is -1.99. The molecule has 0 atom stereocenters. The SMILES string of the molecule is C=C(C)C(=O)C[Si](C)C. The second kappa shape index (κ2) is 3.61. The van der Waals surface area contributed by atoms with Gasteiger partial charge in [0, 0.05) is 6.04 Å². The highest BCUT2D eigenvalue weighted by Gasteiger charge is 2.05. The van der Waals surface area contributed by atoms with Gasteiger partial charge in [-0.15, -0.1) is 0 Å². The summed E-state index contributed by atoms with van der Waals surface area (Å²) >= 11 is 0. The first kappa shape index (κ1) is 8.63. The molecule has 9 heavy (non-hydrogen) atoms. The standard InChI is InChI=1S/C7H13OSi/c1-6(2)7(8)5-9(3)4/h1,5H2,2-4H3. The van der Waals surface area contributed by atoms with Crippen molar-refractivity contribution in [3.63, 3.8) is 0 Å². The van der Waals surface area contributed by atoms with E-state index in [9.17, 15) is 4.79 Å². The van der Waals surface area contributed by atoms with Crippen molar-refractivity contribution in [1.29, 1.82) is 0 Å². The van der Waals surface area contributed by atoms with Crippen LogP contribution in [0.2, 0.25) is 19.1 Å². The summed E-state index contributed by atoms with van der Waals surface area (Å²) in [5.74, 6) is 0.230. The normalized spacial score (nSPS) is 9.78. The van der Waals surface area contributed by atoms with Crippen LogP contribution in [-0.4, -0.2) is 14.6 Å². The number of rotatable bonds is 3. The van der Waals surface area contributed by atoms with Crippen molar-refractivity contribution < 1.29 is 4.79 Å². The quantitative estimate of drug-likeness (QED) is 0.433. The second-order valence-corrected chi connectivity index (χ2v) is 5.36. The van der Waals surface area contributed by atoms with E-state index in [0.29, 0.717) is 5.57 Å². The van der Waals surface area contributed by atoms with Crippen LogP contribution in [0.4, 0.5) is 0 Å². The van der Waals surface area contributed by atoms with Gasteiger partial charge in [0.2, 0.25) is 0 Å². The number of hydrogen-bond acceptors (Lipinski definition) is 1. The minimum Gasteiger partial charge on any atom is -0.295 e. The lowest BCUT2D eigenvalue weighted by molar-refractivity contribution is -0.113. The Labute approximate surface area is 58.4 Å². The number of ketones is 1. The summed E-state index contributed by atoms with van der Waals surface area (Å²) in [6.45, 7) is 9.61. The van der Waals surface area contributed by atoms with Crippen LogP contribution < -0.4 is 0 Å². The molecule has 0 spiro atoms. The molecule has 0 saturated carbocycles. The van der Waals surface area contributed by atoms with E-state index in [2.05, 4.69) is 19.7 Å². The molecule has 0 aliphatic heterocycles. The minimum absolute atomic E-state index is 0.230. The van der Waals surface area contributed by atoms with Gasteiger partial charge in [0.25, 0.3) is 0 Å². The van der Waals surface area contributed by atoms with Crippen molar-refractivity contribution in [2.75, 3.05) is 0 Å². The number of allylic oxidation sites excluding steroid dienone is 1. The Morgan fingerprint density at radius 2 is 2.00 bits per heavy atom. The molecule has 0 N–H and O–H groups in total. The highest BCUT2D eigenvalue weighted by atomic mass is 28.3. The third-order valence-corrected chi connectivity index (χ3v) is 2.02. The molecule has 0 aromatic heterocycles. The molecule has 0 aliphatic rings. The zero-order valence-corrected chi connectivity index (χ0v) is 7.32. The number of carbonyl (C=O) groups excluding carboxylic acids is 1. The summed E-state index contributed by atoms with van der Waals surface area (Å²) in [5.41, 5.74) is 0.696. The first-order valence-corrected chi connectivity index (χ1v) is 5.72. The van der Waals surface area contributed by atoms with Crippen molar-refractivity contribution in [2.45, 2.75) is 26.1 Å². The molecule has 0 amide bonds. The van der Waals surface area contributed by atoms with Gasteiger partial charge in [-0.25, -0.2) is 0 Å². The zero-order chi connectivity index (χ0) is 7.44. The predicted molar refractivity (Wildman–Crippen MR) is 42.1 cm³/mol. The van der Waals surface area contributed by atoms with E-state index in [1.807, 2.05) is 0 Å².